The minimum atomic E-state index is -4.68. The Balaban J connectivity index is 1.61. The van der Waals surface area contributed by atoms with Crippen LogP contribution in [0, 0.1) is 23.2 Å². The Morgan fingerprint density at radius 1 is 1.17 bits per heavy atom. The lowest BCUT2D eigenvalue weighted by molar-refractivity contribution is -0.173. The van der Waals surface area contributed by atoms with Gasteiger partial charge in [0.15, 0.2) is 0 Å². The Labute approximate surface area is 171 Å². The molecule has 4 rings (SSSR count). The van der Waals surface area contributed by atoms with E-state index in [1.807, 2.05) is 0 Å². The topological polar surface area (TPSA) is 111 Å². The van der Waals surface area contributed by atoms with E-state index in [4.69, 9.17) is 5.73 Å². The summed E-state index contributed by atoms with van der Waals surface area (Å²) in [5.41, 5.74) is 7.45. The van der Waals surface area contributed by atoms with E-state index in [1.54, 1.807) is 18.3 Å². The smallest absolute Gasteiger partial charge is 0.377 e. The standard InChI is InChI=1S/C20H23F3N6O/c21-20(22,23)18(25)19(30)28-14-7-13(11-1-2-11)9-29(10-14)15-4-3-12(8-24)16-17(15)27-6-5-26-16/h3-6,11,13-14,18-19,28,30H,1-2,7,9-10,25H2. The van der Waals surface area contributed by atoms with Crippen molar-refractivity contribution in [2.45, 2.75) is 43.8 Å². The average Bonchev–Trinajstić information content (AvgIpc) is 3.57. The maximum Gasteiger partial charge on any atom is 0.407 e. The summed E-state index contributed by atoms with van der Waals surface area (Å²) in [5, 5.41) is 22.0. The van der Waals surface area contributed by atoms with E-state index in [0.29, 0.717) is 35.5 Å². The first-order valence-corrected chi connectivity index (χ1v) is 9.93. The van der Waals surface area contributed by atoms with Crippen LogP contribution in [0.1, 0.15) is 24.8 Å². The van der Waals surface area contributed by atoms with Gasteiger partial charge in [0, 0.05) is 31.5 Å². The van der Waals surface area contributed by atoms with Gasteiger partial charge in [0.2, 0.25) is 0 Å². The van der Waals surface area contributed by atoms with Gasteiger partial charge in [-0.3, -0.25) is 15.3 Å². The number of aromatic nitrogens is 2. The van der Waals surface area contributed by atoms with Crippen molar-refractivity contribution in [2.24, 2.45) is 17.6 Å². The Kier molecular flexibility index (Phi) is 5.53. The summed E-state index contributed by atoms with van der Waals surface area (Å²) in [7, 11) is 0. The van der Waals surface area contributed by atoms with Gasteiger partial charge in [0.1, 0.15) is 29.4 Å². The minimum Gasteiger partial charge on any atom is -0.377 e. The van der Waals surface area contributed by atoms with Crippen LogP contribution in [0.2, 0.25) is 0 Å². The number of anilines is 1. The van der Waals surface area contributed by atoms with Crippen LogP contribution in [0.25, 0.3) is 11.0 Å². The van der Waals surface area contributed by atoms with Gasteiger partial charge < -0.3 is 15.7 Å². The molecular weight excluding hydrogens is 397 g/mol. The highest BCUT2D eigenvalue weighted by Gasteiger charge is 2.44. The van der Waals surface area contributed by atoms with Gasteiger partial charge in [0.25, 0.3) is 0 Å². The van der Waals surface area contributed by atoms with E-state index >= 15 is 0 Å². The molecule has 1 aromatic heterocycles. The lowest BCUT2D eigenvalue weighted by Gasteiger charge is -2.41. The van der Waals surface area contributed by atoms with Gasteiger partial charge in [-0.25, -0.2) is 0 Å². The van der Waals surface area contributed by atoms with E-state index in [0.717, 1.165) is 25.1 Å². The summed E-state index contributed by atoms with van der Waals surface area (Å²) in [6.45, 7) is 1.13. The molecule has 7 nitrogen and oxygen atoms in total. The lowest BCUT2D eigenvalue weighted by atomic mass is 9.89. The number of piperidine rings is 1. The third-order valence-corrected chi connectivity index (χ3v) is 5.96. The highest BCUT2D eigenvalue weighted by Crippen LogP contribution is 2.42. The van der Waals surface area contributed by atoms with Gasteiger partial charge in [0.05, 0.1) is 11.3 Å². The van der Waals surface area contributed by atoms with Crippen LogP contribution >= 0.6 is 0 Å². The number of benzene rings is 1. The largest absolute Gasteiger partial charge is 0.407 e. The lowest BCUT2D eigenvalue weighted by Crippen LogP contribution is -2.59. The molecule has 0 radical (unpaired) electrons. The molecular formula is C20H23F3N6O. The Bertz CT molecular complexity index is 958. The molecule has 0 bridgehead atoms. The molecule has 1 aromatic carbocycles. The molecule has 2 heterocycles. The predicted molar refractivity (Wildman–Crippen MR) is 104 cm³/mol. The predicted octanol–water partition coefficient (Wildman–Crippen LogP) is 1.90. The van der Waals surface area contributed by atoms with E-state index in [-0.39, 0.29) is 12.0 Å². The minimum absolute atomic E-state index is 0.285. The summed E-state index contributed by atoms with van der Waals surface area (Å²) < 4.78 is 38.6. The van der Waals surface area contributed by atoms with E-state index in [9.17, 15) is 23.5 Å². The van der Waals surface area contributed by atoms with Crippen LogP contribution in [0.4, 0.5) is 18.9 Å². The van der Waals surface area contributed by atoms with Gasteiger partial charge in [-0.15, -0.1) is 0 Å². The molecule has 160 valence electrons. The molecule has 1 aliphatic heterocycles. The molecule has 10 heteroatoms. The molecule has 0 spiro atoms. The van der Waals surface area contributed by atoms with Crippen LogP contribution in [-0.2, 0) is 0 Å². The fraction of sp³-hybridized carbons (Fsp3) is 0.550. The summed E-state index contributed by atoms with van der Waals surface area (Å²) in [4.78, 5) is 10.7. The van der Waals surface area contributed by atoms with Crippen molar-refractivity contribution in [1.82, 2.24) is 15.3 Å². The van der Waals surface area contributed by atoms with Crippen LogP contribution < -0.4 is 16.0 Å². The summed E-state index contributed by atoms with van der Waals surface area (Å²) >= 11 is 0. The number of nitrogens with one attached hydrogen (secondary N) is 1. The van der Waals surface area contributed by atoms with Crippen LogP contribution in [-0.4, -0.2) is 52.7 Å². The fourth-order valence-corrected chi connectivity index (χ4v) is 4.28. The van der Waals surface area contributed by atoms with Gasteiger partial charge >= 0.3 is 6.18 Å². The zero-order chi connectivity index (χ0) is 21.5. The number of aliphatic hydroxyl groups excluding tert-OH is 1. The average molecular weight is 420 g/mol. The molecule has 2 fully saturated rings. The number of nitrogens with zero attached hydrogens (tertiary/aromatic N) is 4. The van der Waals surface area contributed by atoms with Crippen molar-refractivity contribution < 1.29 is 18.3 Å². The van der Waals surface area contributed by atoms with Gasteiger partial charge in [-0.1, -0.05) is 0 Å². The quantitative estimate of drug-likeness (QED) is 0.634. The normalized spacial score (nSPS) is 24.5. The van der Waals surface area contributed by atoms with Crippen molar-refractivity contribution in [3.05, 3.63) is 30.1 Å². The number of halogens is 3. The highest BCUT2D eigenvalue weighted by atomic mass is 19.4. The Morgan fingerprint density at radius 3 is 2.50 bits per heavy atom. The number of fused-ring (bicyclic) bond motifs is 1. The number of aliphatic hydroxyl groups is 1. The van der Waals surface area contributed by atoms with E-state index < -0.39 is 18.4 Å². The third-order valence-electron chi connectivity index (χ3n) is 5.96. The van der Waals surface area contributed by atoms with Crippen LogP contribution in [0.15, 0.2) is 24.5 Å². The number of hydrogen-bond donors (Lipinski definition) is 3. The van der Waals surface area contributed by atoms with Gasteiger partial charge in [-0.2, -0.15) is 18.4 Å². The first-order chi connectivity index (χ1) is 14.3. The number of nitriles is 1. The maximum atomic E-state index is 12.9. The second-order valence-corrected chi connectivity index (χ2v) is 8.11. The molecule has 4 atom stereocenters. The first-order valence-electron chi connectivity index (χ1n) is 9.93. The maximum absolute atomic E-state index is 12.9. The molecule has 1 saturated carbocycles. The van der Waals surface area contributed by atoms with Crippen LogP contribution in [0.5, 0.6) is 0 Å². The summed E-state index contributed by atoms with van der Waals surface area (Å²) in [6.07, 6.45) is -0.620. The number of hydrogen-bond acceptors (Lipinski definition) is 7. The Hall–Kier alpha value is -2.48. The number of alkyl halides is 3. The number of rotatable bonds is 5. The molecule has 4 N–H and O–H groups in total. The van der Waals surface area contributed by atoms with Crippen molar-refractivity contribution in [3.8, 4) is 6.07 Å². The Morgan fingerprint density at radius 2 is 1.87 bits per heavy atom. The molecule has 2 aromatic rings. The monoisotopic (exact) mass is 420 g/mol. The molecule has 0 amide bonds. The van der Waals surface area contributed by atoms with Crippen molar-refractivity contribution in [3.63, 3.8) is 0 Å². The van der Waals surface area contributed by atoms with Gasteiger partial charge in [-0.05, 0) is 43.2 Å². The third kappa shape index (κ3) is 4.19. The molecule has 2 aliphatic rings. The zero-order valence-electron chi connectivity index (χ0n) is 16.2. The van der Waals surface area contributed by atoms with Crippen molar-refractivity contribution in [2.75, 3.05) is 18.0 Å². The molecule has 1 saturated heterocycles. The summed E-state index contributed by atoms with van der Waals surface area (Å²) in [6, 6.07) is 2.88. The zero-order valence-corrected chi connectivity index (χ0v) is 16.2. The second kappa shape index (κ2) is 7.98. The number of nitrogens with two attached hydrogens (primary N) is 1. The highest BCUT2D eigenvalue weighted by molar-refractivity contribution is 5.92. The van der Waals surface area contributed by atoms with E-state index in [2.05, 4.69) is 26.3 Å². The SMILES string of the molecule is N#Cc1ccc(N2CC(NC(O)C(N)C(F)(F)F)CC(C3CC3)C2)c2nccnc12. The van der Waals surface area contributed by atoms with Crippen molar-refractivity contribution in [1.29, 1.82) is 5.26 Å². The van der Waals surface area contributed by atoms with Crippen LogP contribution in [0.3, 0.4) is 0 Å². The fourth-order valence-electron chi connectivity index (χ4n) is 4.28. The summed E-state index contributed by atoms with van der Waals surface area (Å²) in [5.74, 6) is 0.814. The molecule has 30 heavy (non-hydrogen) atoms. The van der Waals surface area contributed by atoms with E-state index in [1.165, 1.54) is 6.20 Å². The first kappa shape index (κ1) is 20.8. The molecule has 1 aliphatic carbocycles. The second-order valence-electron chi connectivity index (χ2n) is 8.11. The van der Waals surface area contributed by atoms with Crippen molar-refractivity contribution >= 4 is 16.7 Å². The molecule has 4 unspecified atom stereocenters.